The molecule has 1 aliphatic rings. The maximum Gasteiger partial charge on any atom is 0.211 e. The smallest absolute Gasteiger partial charge is 0.211 e. The Labute approximate surface area is 101 Å². The number of hydrogen-bond acceptors (Lipinski definition) is 4. The van der Waals surface area contributed by atoms with Crippen LogP contribution in [-0.2, 0) is 0 Å². The summed E-state index contributed by atoms with van der Waals surface area (Å²) in [5, 5.41) is 6.53. The predicted molar refractivity (Wildman–Crippen MR) is 64.2 cm³/mol. The van der Waals surface area contributed by atoms with E-state index in [1.807, 2.05) is 0 Å². The second-order valence-corrected chi connectivity index (χ2v) is 3.82. The summed E-state index contributed by atoms with van der Waals surface area (Å²) in [6.45, 7) is 2.40. The molecule has 0 radical (unpaired) electrons. The third kappa shape index (κ3) is 3.63. The van der Waals surface area contributed by atoms with Gasteiger partial charge < -0.3 is 15.1 Å². The Morgan fingerprint density at radius 3 is 3.12 bits per heavy atom. The molecule has 1 aromatic heterocycles. The van der Waals surface area contributed by atoms with Crippen molar-refractivity contribution in [1.29, 1.82) is 0 Å². The zero-order valence-corrected chi connectivity index (χ0v) is 9.89. The molecule has 90 valence electrons. The fourth-order valence-corrected chi connectivity index (χ4v) is 1.79. The van der Waals surface area contributed by atoms with Crippen molar-refractivity contribution >= 4 is 18.2 Å². The summed E-state index contributed by atoms with van der Waals surface area (Å²) in [7, 11) is 0. The maximum absolute atomic E-state index is 11.6. The lowest BCUT2D eigenvalue weighted by Gasteiger charge is -2.23. The third-order valence-electron chi connectivity index (χ3n) is 2.64. The molecule has 2 heterocycles. The summed E-state index contributed by atoms with van der Waals surface area (Å²) < 4.78 is 5.03. The van der Waals surface area contributed by atoms with Gasteiger partial charge in [-0.05, 0) is 31.5 Å². The third-order valence-corrected chi connectivity index (χ3v) is 2.64. The Hall–Kier alpha value is -0.840. The first-order chi connectivity index (χ1) is 7.36. The summed E-state index contributed by atoms with van der Waals surface area (Å²) in [6.07, 6.45) is 3.83. The highest BCUT2D eigenvalue weighted by Crippen LogP contribution is 2.03. The van der Waals surface area contributed by atoms with Gasteiger partial charge in [-0.1, -0.05) is 0 Å². The molecule has 4 nitrogen and oxygen atoms in total. The topological polar surface area (TPSA) is 54.3 Å². The average Bonchev–Trinajstić information content (AvgIpc) is 2.81. The Morgan fingerprint density at radius 1 is 1.62 bits per heavy atom. The molecule has 0 saturated carbocycles. The second-order valence-electron chi connectivity index (χ2n) is 3.82. The predicted octanol–water partition coefficient (Wildman–Crippen LogP) is 1.23. The first-order valence-electron chi connectivity index (χ1n) is 5.37. The van der Waals surface area contributed by atoms with Crippen LogP contribution >= 0.6 is 12.4 Å². The van der Waals surface area contributed by atoms with Crippen LogP contribution in [0, 0.1) is 0 Å². The minimum Gasteiger partial charge on any atom is -0.461 e. The van der Waals surface area contributed by atoms with Crippen LogP contribution in [0.15, 0.2) is 22.8 Å². The molecule has 0 unspecified atom stereocenters. The Morgan fingerprint density at radius 2 is 2.50 bits per heavy atom. The summed E-state index contributed by atoms with van der Waals surface area (Å²) in [5.41, 5.74) is 0. The van der Waals surface area contributed by atoms with E-state index < -0.39 is 0 Å². The number of carbonyl (C=O) groups is 1. The van der Waals surface area contributed by atoms with E-state index in [1.165, 1.54) is 12.7 Å². The van der Waals surface area contributed by atoms with Gasteiger partial charge in [0.05, 0.1) is 12.8 Å². The largest absolute Gasteiger partial charge is 0.461 e. The van der Waals surface area contributed by atoms with Crippen LogP contribution in [0.1, 0.15) is 23.4 Å². The van der Waals surface area contributed by atoms with Crippen molar-refractivity contribution in [1.82, 2.24) is 10.6 Å². The number of piperidine rings is 1. The molecule has 1 aromatic rings. The monoisotopic (exact) mass is 244 g/mol. The van der Waals surface area contributed by atoms with Gasteiger partial charge in [0.2, 0.25) is 5.78 Å². The first kappa shape index (κ1) is 13.2. The van der Waals surface area contributed by atoms with Gasteiger partial charge >= 0.3 is 0 Å². The van der Waals surface area contributed by atoms with Gasteiger partial charge in [0.1, 0.15) is 0 Å². The molecule has 16 heavy (non-hydrogen) atoms. The van der Waals surface area contributed by atoms with Gasteiger partial charge in [0.25, 0.3) is 0 Å². The van der Waals surface area contributed by atoms with Crippen molar-refractivity contribution < 1.29 is 9.21 Å². The molecule has 0 aromatic carbocycles. The minimum absolute atomic E-state index is 0. The zero-order valence-electron chi connectivity index (χ0n) is 9.07. The van der Waals surface area contributed by atoms with E-state index in [4.69, 9.17) is 4.42 Å². The lowest BCUT2D eigenvalue weighted by atomic mass is 10.1. The fourth-order valence-electron chi connectivity index (χ4n) is 1.79. The van der Waals surface area contributed by atoms with E-state index in [9.17, 15) is 4.79 Å². The highest BCUT2D eigenvalue weighted by molar-refractivity contribution is 5.94. The standard InChI is InChI=1S/C11H16N2O2.ClH/c14-10(11-4-2-6-15-11)8-13-9-3-1-5-12-7-9;/h2,4,6,9,12-13H,1,3,5,7-8H2;1H/t9-;/m0./s1. The molecule has 5 heteroatoms. The fraction of sp³-hybridized carbons (Fsp3) is 0.545. The number of carbonyl (C=O) groups excluding carboxylic acids is 1. The quantitative estimate of drug-likeness (QED) is 0.783. The second kappa shape index (κ2) is 6.68. The molecule has 1 aliphatic heterocycles. The lowest BCUT2D eigenvalue weighted by Crippen LogP contribution is -2.44. The molecule has 1 fully saturated rings. The Kier molecular flexibility index (Phi) is 5.52. The van der Waals surface area contributed by atoms with E-state index in [1.54, 1.807) is 12.1 Å². The Balaban J connectivity index is 0.00000128. The van der Waals surface area contributed by atoms with Crippen molar-refractivity contribution in [2.45, 2.75) is 18.9 Å². The lowest BCUT2D eigenvalue weighted by molar-refractivity contribution is 0.0959. The van der Waals surface area contributed by atoms with Crippen molar-refractivity contribution in [3.63, 3.8) is 0 Å². The van der Waals surface area contributed by atoms with Crippen LogP contribution in [0.2, 0.25) is 0 Å². The molecule has 0 bridgehead atoms. The molecule has 1 atom stereocenters. The summed E-state index contributed by atoms with van der Waals surface area (Å²) in [5.74, 6) is 0.455. The molecule has 2 rings (SSSR count). The van der Waals surface area contributed by atoms with E-state index in [2.05, 4.69) is 10.6 Å². The van der Waals surface area contributed by atoms with Crippen molar-refractivity contribution in [3.8, 4) is 0 Å². The molecule has 2 N–H and O–H groups in total. The van der Waals surface area contributed by atoms with Crippen LogP contribution in [0.4, 0.5) is 0 Å². The van der Waals surface area contributed by atoms with E-state index in [-0.39, 0.29) is 18.2 Å². The molecule has 0 amide bonds. The van der Waals surface area contributed by atoms with E-state index >= 15 is 0 Å². The summed E-state index contributed by atoms with van der Waals surface area (Å²) in [6, 6.07) is 3.84. The first-order valence-corrected chi connectivity index (χ1v) is 5.37. The number of Topliss-reactive ketones (excluding diaryl/α,β-unsaturated/α-hetero) is 1. The Bertz CT molecular complexity index is 308. The van der Waals surface area contributed by atoms with Gasteiger partial charge in [-0.25, -0.2) is 0 Å². The molecule has 0 spiro atoms. The van der Waals surface area contributed by atoms with Gasteiger partial charge in [-0.2, -0.15) is 0 Å². The minimum atomic E-state index is 0. The number of furan rings is 1. The van der Waals surface area contributed by atoms with Crippen molar-refractivity contribution in [2.24, 2.45) is 0 Å². The average molecular weight is 245 g/mol. The molecular formula is C11H17ClN2O2. The summed E-state index contributed by atoms with van der Waals surface area (Å²) in [4.78, 5) is 11.6. The molecule has 1 saturated heterocycles. The number of hydrogen-bond donors (Lipinski definition) is 2. The maximum atomic E-state index is 11.6. The molecular weight excluding hydrogens is 228 g/mol. The number of ketones is 1. The normalized spacial score (nSPS) is 20.1. The SMILES string of the molecule is Cl.O=C(CN[C@H]1CCCNC1)c1ccco1. The summed E-state index contributed by atoms with van der Waals surface area (Å²) >= 11 is 0. The highest BCUT2D eigenvalue weighted by atomic mass is 35.5. The van der Waals surface area contributed by atoms with Crippen LogP contribution in [-0.4, -0.2) is 31.5 Å². The van der Waals surface area contributed by atoms with Crippen LogP contribution in [0.25, 0.3) is 0 Å². The van der Waals surface area contributed by atoms with Crippen molar-refractivity contribution in [3.05, 3.63) is 24.2 Å². The van der Waals surface area contributed by atoms with Crippen LogP contribution in [0.3, 0.4) is 0 Å². The van der Waals surface area contributed by atoms with Crippen molar-refractivity contribution in [2.75, 3.05) is 19.6 Å². The number of halogens is 1. The van der Waals surface area contributed by atoms with Crippen LogP contribution in [0.5, 0.6) is 0 Å². The highest BCUT2D eigenvalue weighted by Gasteiger charge is 2.15. The zero-order chi connectivity index (χ0) is 10.5. The van der Waals surface area contributed by atoms with Gasteiger partial charge in [0, 0.05) is 12.6 Å². The van der Waals surface area contributed by atoms with Gasteiger partial charge in [0.15, 0.2) is 5.76 Å². The van der Waals surface area contributed by atoms with Gasteiger partial charge in [-0.15, -0.1) is 12.4 Å². The van der Waals surface area contributed by atoms with Gasteiger partial charge in [-0.3, -0.25) is 4.79 Å². The number of rotatable bonds is 4. The molecule has 0 aliphatic carbocycles. The van der Waals surface area contributed by atoms with E-state index in [0.717, 1.165) is 19.5 Å². The van der Waals surface area contributed by atoms with Crippen LogP contribution < -0.4 is 10.6 Å². The number of nitrogens with one attached hydrogen (secondary N) is 2. The van der Waals surface area contributed by atoms with E-state index in [0.29, 0.717) is 18.3 Å².